The van der Waals surface area contributed by atoms with Crippen LogP contribution in [0.2, 0.25) is 0 Å². The van der Waals surface area contributed by atoms with Crippen LogP contribution < -0.4 is 5.73 Å². The first-order valence-electron chi connectivity index (χ1n) is 7.28. The third kappa shape index (κ3) is 3.49. The van der Waals surface area contributed by atoms with Crippen molar-refractivity contribution in [1.82, 2.24) is 0 Å². The molecule has 2 aromatic carbocycles. The van der Waals surface area contributed by atoms with E-state index in [2.05, 4.69) is 70.2 Å². The van der Waals surface area contributed by atoms with E-state index in [0.29, 0.717) is 6.54 Å². The van der Waals surface area contributed by atoms with Gasteiger partial charge >= 0.3 is 0 Å². The summed E-state index contributed by atoms with van der Waals surface area (Å²) in [5.41, 5.74) is 12.6. The molecule has 2 rings (SSSR count). The number of rotatable bonds is 3. The molecule has 0 atom stereocenters. The summed E-state index contributed by atoms with van der Waals surface area (Å²) in [5, 5.41) is 0. The van der Waals surface area contributed by atoms with Crippen LogP contribution in [-0.2, 0) is 18.4 Å². The summed E-state index contributed by atoms with van der Waals surface area (Å²) in [6.07, 6.45) is 0.976. The summed E-state index contributed by atoms with van der Waals surface area (Å²) in [6, 6.07) is 15.4. The van der Waals surface area contributed by atoms with E-state index in [4.69, 9.17) is 5.73 Å². The summed E-state index contributed by atoms with van der Waals surface area (Å²) in [4.78, 5) is 0. The predicted octanol–water partition coefficient (Wildman–Crippen LogP) is 4.34. The first-order valence-corrected chi connectivity index (χ1v) is 7.28. The van der Waals surface area contributed by atoms with Crippen LogP contribution in [0.25, 0.3) is 0 Å². The lowest BCUT2D eigenvalue weighted by molar-refractivity contribution is 0.589. The van der Waals surface area contributed by atoms with E-state index >= 15 is 0 Å². The number of hydrogen-bond donors (Lipinski definition) is 1. The van der Waals surface area contributed by atoms with Gasteiger partial charge in [0.15, 0.2) is 0 Å². The van der Waals surface area contributed by atoms with Crippen LogP contribution in [0.5, 0.6) is 0 Å². The maximum absolute atomic E-state index is 5.72. The maximum Gasteiger partial charge on any atom is 0.0178 e. The van der Waals surface area contributed by atoms with E-state index in [-0.39, 0.29) is 5.41 Å². The van der Waals surface area contributed by atoms with Crippen molar-refractivity contribution in [2.45, 2.75) is 46.1 Å². The zero-order valence-corrected chi connectivity index (χ0v) is 13.0. The van der Waals surface area contributed by atoms with Crippen molar-refractivity contribution in [3.8, 4) is 0 Å². The van der Waals surface area contributed by atoms with E-state index in [1.807, 2.05) is 0 Å². The van der Waals surface area contributed by atoms with Gasteiger partial charge in [0, 0.05) is 6.54 Å². The number of nitrogens with two attached hydrogens (primary N) is 1. The molecule has 0 spiro atoms. The number of aryl methyl sites for hydroxylation is 1. The van der Waals surface area contributed by atoms with Crippen molar-refractivity contribution in [3.05, 3.63) is 70.3 Å². The Balaban J connectivity index is 2.32. The highest BCUT2D eigenvalue weighted by molar-refractivity contribution is 5.38. The minimum atomic E-state index is 0.196. The third-order valence-electron chi connectivity index (χ3n) is 3.84. The molecule has 0 bridgehead atoms. The van der Waals surface area contributed by atoms with E-state index in [1.165, 1.54) is 27.8 Å². The smallest absolute Gasteiger partial charge is 0.0178 e. The highest BCUT2D eigenvalue weighted by Gasteiger charge is 2.14. The van der Waals surface area contributed by atoms with Crippen LogP contribution in [0, 0.1) is 6.92 Å². The molecule has 0 aliphatic rings. The Labute approximate surface area is 122 Å². The minimum Gasteiger partial charge on any atom is -0.326 e. The molecule has 0 saturated carbocycles. The predicted molar refractivity (Wildman–Crippen MR) is 87.0 cm³/mol. The quantitative estimate of drug-likeness (QED) is 0.879. The summed E-state index contributed by atoms with van der Waals surface area (Å²) >= 11 is 0. The molecule has 1 nitrogen and oxygen atoms in total. The fourth-order valence-electron chi connectivity index (χ4n) is 2.41. The Morgan fingerprint density at radius 3 is 2.30 bits per heavy atom. The average molecular weight is 267 g/mol. The molecule has 0 unspecified atom stereocenters. The van der Waals surface area contributed by atoms with Crippen molar-refractivity contribution in [2.75, 3.05) is 0 Å². The van der Waals surface area contributed by atoms with Crippen molar-refractivity contribution < 1.29 is 0 Å². The lowest BCUT2D eigenvalue weighted by atomic mass is 9.84. The van der Waals surface area contributed by atoms with Gasteiger partial charge in [0.25, 0.3) is 0 Å². The zero-order chi connectivity index (χ0) is 14.8. The Kier molecular flexibility index (Phi) is 4.29. The van der Waals surface area contributed by atoms with Gasteiger partial charge in [-0.15, -0.1) is 0 Å². The van der Waals surface area contributed by atoms with E-state index in [9.17, 15) is 0 Å². The van der Waals surface area contributed by atoms with Crippen LogP contribution in [0.4, 0.5) is 0 Å². The van der Waals surface area contributed by atoms with Gasteiger partial charge in [0.1, 0.15) is 0 Å². The molecule has 2 aromatic rings. The fourth-order valence-corrected chi connectivity index (χ4v) is 2.41. The summed E-state index contributed by atoms with van der Waals surface area (Å²) in [6.45, 7) is 9.58. The molecule has 0 aliphatic heterocycles. The van der Waals surface area contributed by atoms with Crippen LogP contribution in [0.15, 0.2) is 42.5 Å². The van der Waals surface area contributed by atoms with Gasteiger partial charge in [-0.25, -0.2) is 0 Å². The molecule has 0 heterocycles. The van der Waals surface area contributed by atoms with Gasteiger partial charge in [-0.2, -0.15) is 0 Å². The monoisotopic (exact) mass is 267 g/mol. The van der Waals surface area contributed by atoms with Crippen molar-refractivity contribution in [2.24, 2.45) is 5.73 Å². The van der Waals surface area contributed by atoms with Gasteiger partial charge in [-0.05, 0) is 46.6 Å². The Morgan fingerprint density at radius 1 is 0.950 bits per heavy atom. The van der Waals surface area contributed by atoms with Gasteiger partial charge in [0.2, 0.25) is 0 Å². The van der Waals surface area contributed by atoms with Crippen LogP contribution in [0.1, 0.15) is 48.6 Å². The second kappa shape index (κ2) is 5.80. The van der Waals surface area contributed by atoms with E-state index < -0.39 is 0 Å². The molecule has 0 saturated heterocycles. The molecule has 2 N–H and O–H groups in total. The van der Waals surface area contributed by atoms with Crippen molar-refractivity contribution >= 4 is 0 Å². The maximum atomic E-state index is 5.72. The lowest BCUT2D eigenvalue weighted by Crippen LogP contribution is -2.11. The fraction of sp³-hybridized carbons (Fsp3) is 0.368. The minimum absolute atomic E-state index is 0.196. The highest BCUT2D eigenvalue weighted by atomic mass is 14.5. The second-order valence-corrected chi connectivity index (χ2v) is 6.59. The lowest BCUT2D eigenvalue weighted by Gasteiger charge is -2.21. The summed E-state index contributed by atoms with van der Waals surface area (Å²) in [5.74, 6) is 0. The summed E-state index contributed by atoms with van der Waals surface area (Å²) < 4.78 is 0. The first kappa shape index (κ1) is 14.8. The van der Waals surface area contributed by atoms with Gasteiger partial charge in [-0.3, -0.25) is 0 Å². The molecule has 0 fully saturated rings. The molecule has 1 heteroatoms. The number of benzene rings is 2. The zero-order valence-electron chi connectivity index (χ0n) is 13.0. The molecule has 0 amide bonds. The SMILES string of the molecule is Cc1ccc(C(C)(C)C)cc1Cc1cccc(CN)c1. The highest BCUT2D eigenvalue weighted by Crippen LogP contribution is 2.25. The first-order chi connectivity index (χ1) is 9.40. The molecule has 20 heavy (non-hydrogen) atoms. The van der Waals surface area contributed by atoms with Crippen LogP contribution in [0.3, 0.4) is 0 Å². The molecular weight excluding hydrogens is 242 g/mol. The normalized spacial score (nSPS) is 11.7. The number of hydrogen-bond acceptors (Lipinski definition) is 1. The Bertz CT molecular complexity index is 591. The van der Waals surface area contributed by atoms with Crippen LogP contribution >= 0.6 is 0 Å². The Morgan fingerprint density at radius 2 is 1.65 bits per heavy atom. The second-order valence-electron chi connectivity index (χ2n) is 6.59. The van der Waals surface area contributed by atoms with E-state index in [0.717, 1.165) is 6.42 Å². The van der Waals surface area contributed by atoms with Crippen LogP contribution in [-0.4, -0.2) is 0 Å². The molecule has 0 radical (unpaired) electrons. The molecular formula is C19H25N. The van der Waals surface area contributed by atoms with Crippen molar-refractivity contribution in [3.63, 3.8) is 0 Å². The molecule has 106 valence electrons. The average Bonchev–Trinajstić information content (AvgIpc) is 2.40. The Hall–Kier alpha value is -1.60. The van der Waals surface area contributed by atoms with E-state index in [1.54, 1.807) is 0 Å². The summed E-state index contributed by atoms with van der Waals surface area (Å²) in [7, 11) is 0. The molecule has 0 aromatic heterocycles. The van der Waals surface area contributed by atoms with Gasteiger partial charge in [-0.1, -0.05) is 63.2 Å². The standard InChI is InChI=1S/C19H25N/c1-14-8-9-18(19(2,3)4)12-17(14)11-15-6-5-7-16(10-15)13-20/h5-10,12H,11,13,20H2,1-4H3. The largest absolute Gasteiger partial charge is 0.326 e. The van der Waals surface area contributed by atoms with Gasteiger partial charge in [0.05, 0.1) is 0 Å². The van der Waals surface area contributed by atoms with Gasteiger partial charge < -0.3 is 5.73 Å². The molecule has 0 aliphatic carbocycles. The topological polar surface area (TPSA) is 26.0 Å². The van der Waals surface area contributed by atoms with Crippen molar-refractivity contribution in [1.29, 1.82) is 0 Å². The third-order valence-corrected chi connectivity index (χ3v) is 3.84.